The van der Waals surface area contributed by atoms with Crippen LogP contribution >= 0.6 is 0 Å². The summed E-state index contributed by atoms with van der Waals surface area (Å²) in [6.07, 6.45) is 3.48. The molecule has 0 atom stereocenters. The highest BCUT2D eigenvalue weighted by Crippen LogP contribution is 2.19. The average molecular weight is 264 g/mol. The highest BCUT2D eigenvalue weighted by atomic mass is 15.0. The van der Waals surface area contributed by atoms with Gasteiger partial charge in [-0.15, -0.1) is 0 Å². The molecule has 0 amide bonds. The van der Waals surface area contributed by atoms with E-state index in [1.54, 1.807) is 6.20 Å². The summed E-state index contributed by atoms with van der Waals surface area (Å²) in [5.41, 5.74) is 9.61. The van der Waals surface area contributed by atoms with Crippen LogP contribution in [-0.2, 0) is 6.54 Å². The maximum Gasteiger partial charge on any atom is 0.129 e. The molecule has 3 N–H and O–H groups in total. The zero-order valence-electron chi connectivity index (χ0n) is 11.3. The number of aromatic nitrogens is 2. The van der Waals surface area contributed by atoms with Crippen LogP contribution in [0.25, 0.3) is 10.9 Å². The van der Waals surface area contributed by atoms with Gasteiger partial charge in [-0.05, 0) is 30.2 Å². The number of para-hydroxylation sites is 1. The minimum absolute atomic E-state index is 0.680. The molecule has 0 fully saturated rings. The fourth-order valence-corrected chi connectivity index (χ4v) is 2.27. The van der Waals surface area contributed by atoms with Gasteiger partial charge >= 0.3 is 0 Å². The Kier molecular flexibility index (Phi) is 3.21. The molecule has 0 aliphatic carbocycles. The Hall–Kier alpha value is -2.62. The fourth-order valence-electron chi connectivity index (χ4n) is 2.27. The normalized spacial score (nSPS) is 10.7. The summed E-state index contributed by atoms with van der Waals surface area (Å²) in [6, 6.07) is 12.1. The number of hydrogen-bond acceptors (Lipinski definition) is 4. The first-order chi connectivity index (χ1) is 9.74. The molecule has 1 aromatic carbocycles. The predicted octanol–water partition coefficient (Wildman–Crippen LogP) is 3.13. The summed E-state index contributed by atoms with van der Waals surface area (Å²) in [5.74, 6) is 0.854. The van der Waals surface area contributed by atoms with Gasteiger partial charge in [0.2, 0.25) is 0 Å². The standard InChI is InChI=1S/C16H16N4/c1-11-8-14(17)10-20-16(11)19-9-13-5-2-4-12-6-3-7-18-15(12)13/h2-8,10H,9,17H2,1H3,(H,19,20). The zero-order chi connectivity index (χ0) is 13.9. The first-order valence-corrected chi connectivity index (χ1v) is 6.52. The third-order valence-electron chi connectivity index (χ3n) is 3.26. The van der Waals surface area contributed by atoms with Crippen LogP contribution in [0.1, 0.15) is 11.1 Å². The van der Waals surface area contributed by atoms with Crippen molar-refractivity contribution in [2.45, 2.75) is 13.5 Å². The van der Waals surface area contributed by atoms with Crippen molar-refractivity contribution in [3.8, 4) is 0 Å². The van der Waals surface area contributed by atoms with E-state index in [0.29, 0.717) is 12.2 Å². The van der Waals surface area contributed by atoms with Gasteiger partial charge in [0.15, 0.2) is 0 Å². The molecular formula is C16H16N4. The van der Waals surface area contributed by atoms with E-state index in [0.717, 1.165) is 27.8 Å². The fraction of sp³-hybridized carbons (Fsp3) is 0.125. The number of nitrogen functional groups attached to an aromatic ring is 1. The summed E-state index contributed by atoms with van der Waals surface area (Å²) in [7, 11) is 0. The number of nitrogens with two attached hydrogens (primary N) is 1. The van der Waals surface area contributed by atoms with Crippen molar-refractivity contribution >= 4 is 22.4 Å². The largest absolute Gasteiger partial charge is 0.397 e. The van der Waals surface area contributed by atoms with E-state index in [9.17, 15) is 0 Å². The molecule has 0 aliphatic rings. The van der Waals surface area contributed by atoms with Crippen LogP contribution in [-0.4, -0.2) is 9.97 Å². The number of hydrogen-bond donors (Lipinski definition) is 2. The van der Waals surface area contributed by atoms with Crippen LogP contribution in [0.5, 0.6) is 0 Å². The maximum absolute atomic E-state index is 5.71. The van der Waals surface area contributed by atoms with E-state index in [4.69, 9.17) is 5.73 Å². The quantitative estimate of drug-likeness (QED) is 0.763. The van der Waals surface area contributed by atoms with Crippen molar-refractivity contribution in [1.82, 2.24) is 9.97 Å². The molecular weight excluding hydrogens is 248 g/mol. The Morgan fingerprint density at radius 3 is 2.85 bits per heavy atom. The van der Waals surface area contributed by atoms with Gasteiger partial charge in [0.1, 0.15) is 5.82 Å². The Balaban J connectivity index is 1.87. The van der Waals surface area contributed by atoms with Gasteiger partial charge in [-0.2, -0.15) is 0 Å². The highest BCUT2D eigenvalue weighted by molar-refractivity contribution is 5.81. The SMILES string of the molecule is Cc1cc(N)cnc1NCc1cccc2cccnc12. The Bertz CT molecular complexity index is 747. The van der Waals surface area contributed by atoms with Crippen LogP contribution in [0.15, 0.2) is 48.8 Å². The molecule has 0 radical (unpaired) electrons. The molecule has 2 aromatic heterocycles. The molecule has 0 spiro atoms. The molecule has 0 aliphatic heterocycles. The molecule has 2 heterocycles. The minimum Gasteiger partial charge on any atom is -0.397 e. The van der Waals surface area contributed by atoms with Crippen LogP contribution in [0, 0.1) is 6.92 Å². The third-order valence-corrected chi connectivity index (χ3v) is 3.26. The number of rotatable bonds is 3. The van der Waals surface area contributed by atoms with Gasteiger partial charge < -0.3 is 11.1 Å². The van der Waals surface area contributed by atoms with Crippen molar-refractivity contribution in [1.29, 1.82) is 0 Å². The van der Waals surface area contributed by atoms with Gasteiger partial charge in [-0.3, -0.25) is 4.98 Å². The molecule has 0 saturated carbocycles. The summed E-state index contributed by atoms with van der Waals surface area (Å²) in [5, 5.41) is 4.49. The van der Waals surface area contributed by atoms with Crippen molar-refractivity contribution in [3.05, 3.63) is 59.9 Å². The Morgan fingerprint density at radius 2 is 2.00 bits per heavy atom. The lowest BCUT2D eigenvalue weighted by molar-refractivity contribution is 1.10. The predicted molar refractivity (Wildman–Crippen MR) is 82.5 cm³/mol. The molecule has 3 aromatic rings. The van der Waals surface area contributed by atoms with Crippen molar-refractivity contribution in [2.24, 2.45) is 0 Å². The second-order valence-corrected chi connectivity index (χ2v) is 4.78. The van der Waals surface area contributed by atoms with E-state index in [1.807, 2.05) is 31.3 Å². The molecule has 0 saturated heterocycles. The molecule has 0 unspecified atom stereocenters. The smallest absolute Gasteiger partial charge is 0.129 e. The Labute approximate surface area is 117 Å². The number of nitrogens with one attached hydrogen (secondary N) is 1. The van der Waals surface area contributed by atoms with Crippen LogP contribution in [0.4, 0.5) is 11.5 Å². The summed E-state index contributed by atoms with van der Waals surface area (Å²) in [6.45, 7) is 2.68. The van der Waals surface area contributed by atoms with E-state index < -0.39 is 0 Å². The van der Waals surface area contributed by atoms with E-state index >= 15 is 0 Å². The van der Waals surface area contributed by atoms with Crippen LogP contribution in [0.2, 0.25) is 0 Å². The van der Waals surface area contributed by atoms with E-state index in [1.165, 1.54) is 0 Å². The van der Waals surface area contributed by atoms with Crippen molar-refractivity contribution in [3.63, 3.8) is 0 Å². The lowest BCUT2D eigenvalue weighted by Gasteiger charge is -2.10. The highest BCUT2D eigenvalue weighted by Gasteiger charge is 2.04. The van der Waals surface area contributed by atoms with E-state index in [2.05, 4.69) is 33.5 Å². The third kappa shape index (κ3) is 2.40. The average Bonchev–Trinajstić information content (AvgIpc) is 2.46. The number of pyridine rings is 2. The number of benzene rings is 1. The van der Waals surface area contributed by atoms with Crippen LogP contribution < -0.4 is 11.1 Å². The summed E-state index contributed by atoms with van der Waals surface area (Å²) >= 11 is 0. The molecule has 100 valence electrons. The molecule has 4 nitrogen and oxygen atoms in total. The lowest BCUT2D eigenvalue weighted by atomic mass is 10.1. The van der Waals surface area contributed by atoms with Gasteiger partial charge in [0.25, 0.3) is 0 Å². The second kappa shape index (κ2) is 5.17. The topological polar surface area (TPSA) is 63.8 Å². The number of aryl methyl sites for hydroxylation is 1. The molecule has 3 rings (SSSR count). The molecule has 4 heteroatoms. The van der Waals surface area contributed by atoms with E-state index in [-0.39, 0.29) is 0 Å². The number of anilines is 2. The minimum atomic E-state index is 0.680. The van der Waals surface area contributed by atoms with Crippen LogP contribution in [0.3, 0.4) is 0 Å². The summed E-state index contributed by atoms with van der Waals surface area (Å²) < 4.78 is 0. The second-order valence-electron chi connectivity index (χ2n) is 4.78. The maximum atomic E-state index is 5.71. The first-order valence-electron chi connectivity index (χ1n) is 6.52. The number of fused-ring (bicyclic) bond motifs is 1. The van der Waals surface area contributed by atoms with Gasteiger partial charge in [-0.25, -0.2) is 4.98 Å². The zero-order valence-corrected chi connectivity index (χ0v) is 11.3. The first kappa shape index (κ1) is 12.4. The van der Waals surface area contributed by atoms with Crippen molar-refractivity contribution < 1.29 is 0 Å². The van der Waals surface area contributed by atoms with Gasteiger partial charge in [-0.1, -0.05) is 24.3 Å². The van der Waals surface area contributed by atoms with Gasteiger partial charge in [0, 0.05) is 18.1 Å². The number of nitrogens with zero attached hydrogens (tertiary/aromatic N) is 2. The monoisotopic (exact) mass is 264 g/mol. The lowest BCUT2D eigenvalue weighted by Crippen LogP contribution is -2.04. The van der Waals surface area contributed by atoms with Crippen molar-refractivity contribution in [2.75, 3.05) is 11.1 Å². The molecule has 20 heavy (non-hydrogen) atoms. The van der Waals surface area contributed by atoms with Gasteiger partial charge in [0.05, 0.1) is 17.4 Å². The molecule has 0 bridgehead atoms. The Morgan fingerprint density at radius 1 is 1.15 bits per heavy atom. The summed E-state index contributed by atoms with van der Waals surface area (Å²) in [4.78, 5) is 8.77.